The third-order valence-electron chi connectivity index (χ3n) is 8.16. The van der Waals surface area contributed by atoms with Crippen LogP contribution in [0.15, 0.2) is 24.7 Å². The molecule has 2 atom stereocenters. The molecule has 11 nitrogen and oxygen atoms in total. The van der Waals surface area contributed by atoms with Crippen LogP contribution in [-0.4, -0.2) is 92.6 Å². The fourth-order valence-electron chi connectivity index (χ4n) is 5.99. The highest BCUT2D eigenvalue weighted by molar-refractivity contribution is 5.98. The highest BCUT2D eigenvalue weighted by Gasteiger charge is 2.51. The van der Waals surface area contributed by atoms with Crippen molar-refractivity contribution in [3.05, 3.63) is 35.8 Å². The predicted octanol–water partition coefficient (Wildman–Crippen LogP) is 2.30. The molecule has 2 aliphatic heterocycles. The number of rotatable bonds is 7. The second-order valence-electron chi connectivity index (χ2n) is 11.0. The van der Waals surface area contributed by atoms with Gasteiger partial charge in [-0.2, -0.15) is 5.10 Å². The molecule has 3 N–H and O–H groups in total. The van der Waals surface area contributed by atoms with Crippen LogP contribution in [0.2, 0.25) is 0 Å². The van der Waals surface area contributed by atoms with Crippen LogP contribution >= 0.6 is 0 Å². The van der Waals surface area contributed by atoms with Crippen molar-refractivity contribution in [2.75, 3.05) is 39.0 Å². The number of ether oxygens (including phenoxy) is 1. The minimum absolute atomic E-state index is 0.0385. The molecule has 1 aliphatic carbocycles. The summed E-state index contributed by atoms with van der Waals surface area (Å²) in [6, 6.07) is 2.53. The minimum Gasteiger partial charge on any atom is -0.480 e. The normalized spacial score (nSPS) is 22.7. The summed E-state index contributed by atoms with van der Waals surface area (Å²) >= 11 is 0. The fraction of sp³-hybridized carbons (Fsp3) is 0.519. The van der Waals surface area contributed by atoms with Gasteiger partial charge in [-0.1, -0.05) is 0 Å². The van der Waals surface area contributed by atoms with Gasteiger partial charge in [0.1, 0.15) is 23.6 Å². The lowest BCUT2D eigenvalue weighted by Gasteiger charge is -2.36. The average Bonchev–Trinajstić information content (AvgIpc) is 3.67. The lowest BCUT2D eigenvalue weighted by molar-refractivity contribution is -0.159. The van der Waals surface area contributed by atoms with Crippen molar-refractivity contribution < 1.29 is 27.5 Å². The third-order valence-corrected chi connectivity index (χ3v) is 8.16. The lowest BCUT2D eigenvalue weighted by atomic mass is 9.80. The number of nitrogens with two attached hydrogens (primary N) is 1. The Morgan fingerprint density at radius 3 is 2.63 bits per heavy atom. The summed E-state index contributed by atoms with van der Waals surface area (Å²) in [6.45, 7) is 2.27. The molecule has 2 saturated heterocycles. The number of amides is 2. The number of methoxy groups -OCH3 is 1. The number of alkyl halides is 3. The van der Waals surface area contributed by atoms with Gasteiger partial charge in [0.15, 0.2) is 5.82 Å². The maximum absolute atomic E-state index is 14.9. The molecule has 41 heavy (non-hydrogen) atoms. The molecule has 3 fully saturated rings. The van der Waals surface area contributed by atoms with Crippen molar-refractivity contribution in [2.45, 2.75) is 50.4 Å². The summed E-state index contributed by atoms with van der Waals surface area (Å²) < 4.78 is 48.3. The second kappa shape index (κ2) is 10.5. The van der Waals surface area contributed by atoms with Gasteiger partial charge < -0.3 is 20.7 Å². The first-order valence-corrected chi connectivity index (χ1v) is 13.6. The van der Waals surface area contributed by atoms with E-state index in [1.807, 2.05) is 6.07 Å². The quantitative estimate of drug-likeness (QED) is 0.441. The van der Waals surface area contributed by atoms with E-state index in [9.17, 15) is 22.8 Å². The first-order chi connectivity index (χ1) is 19.6. The zero-order valence-corrected chi connectivity index (χ0v) is 22.5. The number of fused-ring (bicyclic) bond motifs is 1. The molecular weight excluding hydrogens is 541 g/mol. The van der Waals surface area contributed by atoms with Gasteiger partial charge in [-0.05, 0) is 43.6 Å². The van der Waals surface area contributed by atoms with Crippen LogP contribution < -0.4 is 15.8 Å². The molecule has 0 radical (unpaired) electrons. The first kappa shape index (κ1) is 27.2. The molecule has 14 heteroatoms. The molecular formula is C27H31F3N8O3. The van der Waals surface area contributed by atoms with Crippen LogP contribution in [-0.2, 0) is 11.3 Å². The van der Waals surface area contributed by atoms with Crippen LogP contribution in [0, 0.1) is 5.92 Å². The highest BCUT2D eigenvalue weighted by atomic mass is 19.3. The molecule has 3 aromatic heterocycles. The summed E-state index contributed by atoms with van der Waals surface area (Å²) in [4.78, 5) is 37.9. The smallest absolute Gasteiger partial charge is 0.257 e. The summed E-state index contributed by atoms with van der Waals surface area (Å²) in [5.74, 6) is -4.45. The standard InChI is InChI=1S/C27H31F3N8O3/c1-41-25-18(24(39)35-20-13-37(12-19(20)28)26(40)17-8-27(29,30)9-17)6-15(10-32-25)21-7-16(11-36-4-2-3-5-36)22-23(31)33-14-34-38(21)22/h6-7,10,14,17,19-20H,2-5,8-9,11-13H2,1H3,(H,35,39)(H2,31,33,34). The Balaban J connectivity index is 1.24. The number of carbonyl (C=O) groups is 2. The van der Waals surface area contributed by atoms with Crippen LogP contribution in [0.1, 0.15) is 41.6 Å². The molecule has 2 amide bonds. The maximum atomic E-state index is 14.9. The monoisotopic (exact) mass is 572 g/mol. The first-order valence-electron chi connectivity index (χ1n) is 13.6. The van der Waals surface area contributed by atoms with E-state index < -0.39 is 48.7 Å². The molecule has 2 unspecified atom stereocenters. The number of hydrogen-bond donors (Lipinski definition) is 2. The van der Waals surface area contributed by atoms with Crippen LogP contribution in [0.3, 0.4) is 0 Å². The van der Waals surface area contributed by atoms with Gasteiger partial charge in [0.25, 0.3) is 5.91 Å². The Labute approximate surface area is 233 Å². The Morgan fingerprint density at radius 2 is 1.93 bits per heavy atom. The zero-order valence-electron chi connectivity index (χ0n) is 22.5. The molecule has 6 rings (SSSR count). The van der Waals surface area contributed by atoms with E-state index in [0.717, 1.165) is 31.5 Å². The number of nitrogens with one attached hydrogen (secondary N) is 1. The van der Waals surface area contributed by atoms with Crippen molar-refractivity contribution in [2.24, 2.45) is 5.92 Å². The van der Waals surface area contributed by atoms with E-state index in [1.165, 1.54) is 18.3 Å². The minimum atomic E-state index is -2.85. The summed E-state index contributed by atoms with van der Waals surface area (Å²) in [5.41, 5.74) is 9.13. The summed E-state index contributed by atoms with van der Waals surface area (Å²) in [7, 11) is 1.37. The van der Waals surface area contributed by atoms with Gasteiger partial charge in [-0.15, -0.1) is 0 Å². The SMILES string of the molecule is COc1ncc(-c2cc(CN3CCCC3)c3c(N)ncnn23)cc1C(=O)NC1CN(C(=O)C2CC(F)(F)C2)CC1F. The van der Waals surface area contributed by atoms with Crippen molar-refractivity contribution in [3.8, 4) is 17.1 Å². The number of pyridine rings is 1. The Hall–Kier alpha value is -3.94. The molecule has 218 valence electrons. The number of likely N-dealkylation sites (tertiary alicyclic amines) is 2. The summed E-state index contributed by atoms with van der Waals surface area (Å²) in [6.07, 6.45) is 2.57. The molecule has 1 saturated carbocycles. The van der Waals surface area contributed by atoms with E-state index in [1.54, 1.807) is 16.8 Å². The number of nitrogens with zero attached hydrogens (tertiary/aromatic N) is 6. The van der Waals surface area contributed by atoms with Crippen LogP contribution in [0.5, 0.6) is 5.88 Å². The summed E-state index contributed by atoms with van der Waals surface area (Å²) in [5, 5.41) is 7.04. The van der Waals surface area contributed by atoms with Gasteiger partial charge in [0.2, 0.25) is 17.7 Å². The van der Waals surface area contributed by atoms with Gasteiger partial charge >= 0.3 is 0 Å². The Kier molecular flexibility index (Phi) is 6.96. The topological polar surface area (TPSA) is 131 Å². The number of nitrogen functional groups attached to an aromatic ring is 1. The van der Waals surface area contributed by atoms with E-state index in [2.05, 4.69) is 25.3 Å². The molecule has 3 aliphatic rings. The number of aromatic nitrogens is 4. The number of anilines is 1. The molecule has 0 spiro atoms. The Bertz CT molecular complexity index is 1480. The van der Waals surface area contributed by atoms with E-state index in [4.69, 9.17) is 10.5 Å². The maximum Gasteiger partial charge on any atom is 0.257 e. The van der Waals surface area contributed by atoms with Gasteiger partial charge in [-0.25, -0.2) is 27.7 Å². The van der Waals surface area contributed by atoms with Gasteiger partial charge in [-0.3, -0.25) is 14.5 Å². The van der Waals surface area contributed by atoms with Crippen LogP contribution in [0.4, 0.5) is 19.0 Å². The number of hydrogen-bond acceptors (Lipinski definition) is 8. The van der Waals surface area contributed by atoms with Crippen molar-refractivity contribution in [1.29, 1.82) is 0 Å². The van der Waals surface area contributed by atoms with E-state index >= 15 is 0 Å². The molecule has 5 heterocycles. The fourth-order valence-corrected chi connectivity index (χ4v) is 5.99. The van der Waals surface area contributed by atoms with Gasteiger partial charge in [0, 0.05) is 43.6 Å². The average molecular weight is 573 g/mol. The number of halogens is 3. The van der Waals surface area contributed by atoms with Crippen LogP contribution in [0.25, 0.3) is 16.8 Å². The zero-order chi connectivity index (χ0) is 28.9. The lowest BCUT2D eigenvalue weighted by Crippen LogP contribution is -2.47. The second-order valence-corrected chi connectivity index (χ2v) is 11.0. The van der Waals surface area contributed by atoms with E-state index in [-0.39, 0.29) is 24.5 Å². The van der Waals surface area contributed by atoms with Crippen molar-refractivity contribution >= 4 is 23.1 Å². The predicted molar refractivity (Wildman–Crippen MR) is 142 cm³/mol. The highest BCUT2D eigenvalue weighted by Crippen LogP contribution is 2.43. The molecule has 0 aromatic carbocycles. The van der Waals surface area contributed by atoms with E-state index in [0.29, 0.717) is 29.1 Å². The Morgan fingerprint density at radius 1 is 1.17 bits per heavy atom. The van der Waals surface area contributed by atoms with Gasteiger partial charge in [0.05, 0.1) is 25.4 Å². The molecule has 3 aromatic rings. The van der Waals surface area contributed by atoms with Crippen molar-refractivity contribution in [3.63, 3.8) is 0 Å². The molecule has 0 bridgehead atoms. The largest absolute Gasteiger partial charge is 0.480 e. The number of carbonyl (C=O) groups excluding carboxylic acids is 2. The third kappa shape index (κ3) is 5.16. The van der Waals surface area contributed by atoms with Crippen molar-refractivity contribution in [1.82, 2.24) is 34.7 Å².